The molecule has 126 valence electrons. The highest BCUT2D eigenvalue weighted by atomic mass is 32.1. The predicted molar refractivity (Wildman–Crippen MR) is 92.7 cm³/mol. The van der Waals surface area contributed by atoms with Gasteiger partial charge in [0.2, 0.25) is 0 Å². The van der Waals surface area contributed by atoms with Crippen molar-refractivity contribution in [2.24, 2.45) is 0 Å². The highest BCUT2D eigenvalue weighted by molar-refractivity contribution is 7.71. The van der Waals surface area contributed by atoms with Crippen LogP contribution in [0.2, 0.25) is 0 Å². The molecule has 1 aliphatic heterocycles. The molecule has 0 amide bonds. The van der Waals surface area contributed by atoms with Crippen LogP contribution in [0, 0.1) is 4.77 Å². The highest BCUT2D eigenvalue weighted by Crippen LogP contribution is 2.16. The van der Waals surface area contributed by atoms with Gasteiger partial charge >= 0.3 is 0 Å². The molecule has 0 aliphatic carbocycles. The molecule has 0 aromatic carbocycles. The maximum atomic E-state index is 5.72. The van der Waals surface area contributed by atoms with Crippen LogP contribution < -0.4 is 0 Å². The molecule has 2 heterocycles. The van der Waals surface area contributed by atoms with Crippen LogP contribution in [0.4, 0.5) is 0 Å². The third kappa shape index (κ3) is 5.84. The summed E-state index contributed by atoms with van der Waals surface area (Å²) in [5.74, 6) is 1.10. The zero-order valence-corrected chi connectivity index (χ0v) is 14.8. The van der Waals surface area contributed by atoms with E-state index in [1.54, 1.807) is 0 Å². The Bertz CT molecular complexity index is 463. The van der Waals surface area contributed by atoms with E-state index in [4.69, 9.17) is 17.0 Å². The number of nitrogens with one attached hydrogen (secondary N) is 1. The fourth-order valence-electron chi connectivity index (χ4n) is 3.14. The van der Waals surface area contributed by atoms with E-state index >= 15 is 0 Å². The Balaban J connectivity index is 1.66. The molecule has 1 fully saturated rings. The molecule has 22 heavy (non-hydrogen) atoms. The van der Waals surface area contributed by atoms with Crippen molar-refractivity contribution >= 4 is 12.2 Å². The van der Waals surface area contributed by atoms with E-state index in [0.29, 0.717) is 6.10 Å². The van der Waals surface area contributed by atoms with Gasteiger partial charge in [-0.15, -0.1) is 0 Å². The van der Waals surface area contributed by atoms with Crippen molar-refractivity contribution in [1.82, 2.24) is 14.8 Å². The van der Waals surface area contributed by atoms with Crippen LogP contribution >= 0.6 is 12.2 Å². The van der Waals surface area contributed by atoms with Crippen molar-refractivity contribution in [3.63, 3.8) is 0 Å². The average Bonchev–Trinajstić information content (AvgIpc) is 3.14. The monoisotopic (exact) mass is 325 g/mol. The Labute approximate surface area is 139 Å². The summed E-state index contributed by atoms with van der Waals surface area (Å²) >= 11 is 5.36. The number of hydrogen-bond acceptors (Lipinski definition) is 3. The van der Waals surface area contributed by atoms with Gasteiger partial charge < -0.3 is 9.30 Å². The van der Waals surface area contributed by atoms with Crippen molar-refractivity contribution < 1.29 is 4.74 Å². The van der Waals surface area contributed by atoms with Gasteiger partial charge in [-0.3, -0.25) is 5.10 Å². The predicted octanol–water partition coefficient (Wildman–Crippen LogP) is 4.80. The van der Waals surface area contributed by atoms with Crippen LogP contribution in [0.15, 0.2) is 0 Å². The molecule has 1 saturated heterocycles. The van der Waals surface area contributed by atoms with Gasteiger partial charge in [0.15, 0.2) is 4.77 Å². The van der Waals surface area contributed by atoms with E-state index in [1.807, 2.05) is 0 Å². The van der Waals surface area contributed by atoms with Crippen molar-refractivity contribution in [2.75, 3.05) is 6.61 Å². The molecule has 2 rings (SSSR count). The van der Waals surface area contributed by atoms with Gasteiger partial charge in [0, 0.05) is 13.0 Å². The van der Waals surface area contributed by atoms with Crippen LogP contribution in [-0.4, -0.2) is 27.5 Å². The molecule has 1 atom stereocenters. The Morgan fingerprint density at radius 3 is 2.59 bits per heavy atom. The Hall–Kier alpha value is -0.680. The summed E-state index contributed by atoms with van der Waals surface area (Å²) in [5.41, 5.74) is 0. The van der Waals surface area contributed by atoms with Crippen LogP contribution in [0.3, 0.4) is 0 Å². The lowest BCUT2D eigenvalue weighted by molar-refractivity contribution is 0.0958. The molecule has 1 N–H and O–H groups in total. The second kappa shape index (κ2) is 10.2. The van der Waals surface area contributed by atoms with Gasteiger partial charge in [0.1, 0.15) is 5.82 Å². The van der Waals surface area contributed by atoms with Crippen molar-refractivity contribution in [3.05, 3.63) is 10.6 Å². The zero-order valence-electron chi connectivity index (χ0n) is 14.0. The number of H-pyrrole nitrogens is 1. The summed E-state index contributed by atoms with van der Waals surface area (Å²) in [6.45, 7) is 4.02. The first kappa shape index (κ1) is 17.7. The van der Waals surface area contributed by atoms with Gasteiger partial charge in [-0.05, 0) is 31.5 Å². The minimum absolute atomic E-state index is 0.321. The number of aromatic nitrogens is 3. The molecule has 0 unspecified atom stereocenters. The van der Waals surface area contributed by atoms with E-state index in [-0.39, 0.29) is 0 Å². The summed E-state index contributed by atoms with van der Waals surface area (Å²) in [7, 11) is 0. The number of hydrogen-bond donors (Lipinski definition) is 1. The summed E-state index contributed by atoms with van der Waals surface area (Å²) < 4.78 is 8.60. The largest absolute Gasteiger partial charge is 0.376 e. The molecule has 1 aliphatic rings. The van der Waals surface area contributed by atoms with Crippen molar-refractivity contribution in [1.29, 1.82) is 0 Å². The van der Waals surface area contributed by atoms with Gasteiger partial charge in [0.05, 0.1) is 12.6 Å². The van der Waals surface area contributed by atoms with E-state index in [0.717, 1.165) is 36.6 Å². The lowest BCUT2D eigenvalue weighted by Gasteiger charge is -2.12. The molecule has 0 radical (unpaired) electrons. The second-order valence-electron chi connectivity index (χ2n) is 6.42. The van der Waals surface area contributed by atoms with Crippen molar-refractivity contribution in [3.8, 4) is 0 Å². The summed E-state index contributed by atoms with van der Waals surface area (Å²) in [5, 5.41) is 7.35. The number of unbranched alkanes of at least 4 members (excludes halogenated alkanes) is 7. The second-order valence-corrected chi connectivity index (χ2v) is 6.80. The lowest BCUT2D eigenvalue weighted by Crippen LogP contribution is -2.17. The molecule has 4 nitrogen and oxygen atoms in total. The number of ether oxygens (including phenoxy) is 1. The van der Waals surface area contributed by atoms with Crippen LogP contribution in [-0.2, 0) is 17.7 Å². The van der Waals surface area contributed by atoms with Crippen molar-refractivity contribution in [2.45, 2.75) is 90.2 Å². The maximum Gasteiger partial charge on any atom is 0.195 e. The van der Waals surface area contributed by atoms with Gasteiger partial charge in [0.25, 0.3) is 0 Å². The number of nitrogens with zero attached hydrogens (tertiary/aromatic N) is 2. The van der Waals surface area contributed by atoms with E-state index in [9.17, 15) is 0 Å². The Kier molecular flexibility index (Phi) is 8.16. The fourth-order valence-corrected chi connectivity index (χ4v) is 3.36. The highest BCUT2D eigenvalue weighted by Gasteiger charge is 2.18. The van der Waals surface area contributed by atoms with Gasteiger partial charge in [-0.1, -0.05) is 51.9 Å². The molecular weight excluding hydrogens is 294 g/mol. The number of aromatic amines is 1. The Morgan fingerprint density at radius 2 is 1.91 bits per heavy atom. The third-order valence-corrected chi connectivity index (χ3v) is 4.81. The first-order valence-electron chi connectivity index (χ1n) is 9.07. The summed E-state index contributed by atoms with van der Waals surface area (Å²) in [6, 6.07) is 0. The number of rotatable bonds is 11. The SMILES string of the molecule is CCCCCCCCCCc1n[nH]c(=S)n1C[C@H]1CCCO1. The normalized spacial score (nSPS) is 18.1. The molecule has 1 aromatic heterocycles. The van der Waals surface area contributed by atoms with E-state index < -0.39 is 0 Å². The minimum atomic E-state index is 0.321. The minimum Gasteiger partial charge on any atom is -0.376 e. The lowest BCUT2D eigenvalue weighted by atomic mass is 10.1. The smallest absolute Gasteiger partial charge is 0.195 e. The molecular formula is C17H31N3OS. The topological polar surface area (TPSA) is 42.8 Å². The van der Waals surface area contributed by atoms with Crippen LogP contribution in [0.25, 0.3) is 0 Å². The Morgan fingerprint density at radius 1 is 1.18 bits per heavy atom. The standard InChI is InChI=1S/C17H31N3OS/c1-2-3-4-5-6-7-8-9-12-16-18-19-17(22)20(16)14-15-11-10-13-21-15/h15H,2-14H2,1H3,(H,19,22)/t15-/m1/s1. The fraction of sp³-hybridized carbons (Fsp3) is 0.882. The van der Waals surface area contributed by atoms with E-state index in [1.165, 1.54) is 57.8 Å². The van der Waals surface area contributed by atoms with E-state index in [2.05, 4.69) is 21.7 Å². The maximum absolute atomic E-state index is 5.72. The first-order chi connectivity index (χ1) is 10.8. The van der Waals surface area contributed by atoms with Gasteiger partial charge in [-0.25, -0.2) is 0 Å². The molecule has 5 heteroatoms. The summed E-state index contributed by atoms with van der Waals surface area (Å²) in [4.78, 5) is 0. The molecule has 0 saturated carbocycles. The van der Waals surface area contributed by atoms with Gasteiger partial charge in [-0.2, -0.15) is 5.10 Å². The summed E-state index contributed by atoms with van der Waals surface area (Å²) in [6.07, 6.45) is 14.4. The first-order valence-corrected chi connectivity index (χ1v) is 9.47. The zero-order chi connectivity index (χ0) is 15.6. The number of aryl methyl sites for hydroxylation is 1. The molecule has 0 bridgehead atoms. The third-order valence-electron chi connectivity index (χ3n) is 4.50. The van der Waals surface area contributed by atoms with Crippen LogP contribution in [0.1, 0.15) is 77.0 Å². The quantitative estimate of drug-likeness (QED) is 0.469. The molecule has 0 spiro atoms. The average molecular weight is 326 g/mol. The van der Waals surface area contributed by atoms with Crippen LogP contribution in [0.5, 0.6) is 0 Å². The molecule has 1 aromatic rings.